The van der Waals surface area contributed by atoms with Crippen LogP contribution in [0.15, 0.2) is 48.5 Å². The molecule has 0 N–H and O–H groups in total. The van der Waals surface area contributed by atoms with E-state index in [1.54, 1.807) is 14.2 Å². The summed E-state index contributed by atoms with van der Waals surface area (Å²) >= 11 is 0. The predicted molar refractivity (Wildman–Crippen MR) is 90.8 cm³/mol. The van der Waals surface area contributed by atoms with Crippen molar-refractivity contribution in [1.29, 1.82) is 0 Å². The van der Waals surface area contributed by atoms with Gasteiger partial charge in [-0.2, -0.15) is 0 Å². The van der Waals surface area contributed by atoms with E-state index in [2.05, 4.69) is 0 Å². The highest BCUT2D eigenvalue weighted by Gasteiger charge is 2.08. The molecule has 0 fully saturated rings. The second-order valence-corrected chi connectivity index (χ2v) is 5.07. The van der Waals surface area contributed by atoms with Gasteiger partial charge in [0.25, 0.3) is 0 Å². The molecule has 0 atom stereocenters. The number of para-hydroxylation sites is 1. The molecule has 24 heavy (non-hydrogen) atoms. The third-order valence-electron chi connectivity index (χ3n) is 3.42. The molecule has 2 aromatic carbocycles. The first-order valence-electron chi connectivity index (χ1n) is 7.77. The summed E-state index contributed by atoms with van der Waals surface area (Å²) in [5, 5.41) is 0. The first kappa shape index (κ1) is 17.7. The highest BCUT2D eigenvalue weighted by Crippen LogP contribution is 2.27. The van der Waals surface area contributed by atoms with Crippen LogP contribution in [0.5, 0.6) is 17.2 Å². The zero-order valence-corrected chi connectivity index (χ0v) is 14.0. The molecule has 0 heterocycles. The molecule has 5 nitrogen and oxygen atoms in total. The lowest BCUT2D eigenvalue weighted by atomic mass is 10.1. The number of carbonyl (C=O) groups is 1. The number of methoxy groups -OCH3 is 2. The number of rotatable bonds is 9. The van der Waals surface area contributed by atoms with Crippen molar-refractivity contribution in [3.63, 3.8) is 0 Å². The summed E-state index contributed by atoms with van der Waals surface area (Å²) in [7, 11) is 3.18. The molecule has 0 aliphatic heterocycles. The fourth-order valence-electron chi connectivity index (χ4n) is 2.19. The van der Waals surface area contributed by atoms with E-state index in [-0.39, 0.29) is 12.6 Å². The molecule has 2 rings (SSSR count). The van der Waals surface area contributed by atoms with Gasteiger partial charge in [-0.25, -0.2) is 0 Å². The van der Waals surface area contributed by atoms with E-state index in [4.69, 9.17) is 18.9 Å². The van der Waals surface area contributed by atoms with Crippen LogP contribution in [0.1, 0.15) is 12.0 Å². The molecule has 0 aliphatic rings. The molecule has 0 unspecified atom stereocenters. The average Bonchev–Trinajstić information content (AvgIpc) is 2.64. The average molecular weight is 330 g/mol. The molecule has 0 bridgehead atoms. The Labute approximate surface area is 142 Å². The Morgan fingerprint density at radius 2 is 1.67 bits per heavy atom. The van der Waals surface area contributed by atoms with Gasteiger partial charge < -0.3 is 18.9 Å². The highest BCUT2D eigenvalue weighted by molar-refractivity contribution is 5.69. The van der Waals surface area contributed by atoms with Crippen LogP contribution in [0.25, 0.3) is 0 Å². The zero-order valence-electron chi connectivity index (χ0n) is 14.0. The van der Waals surface area contributed by atoms with Gasteiger partial charge in [-0.15, -0.1) is 0 Å². The van der Waals surface area contributed by atoms with Crippen LogP contribution < -0.4 is 14.2 Å². The molecule has 0 saturated heterocycles. The SMILES string of the molecule is COc1ccc(CCC(=O)OCCOc2ccccc2)cc1OC. The van der Waals surface area contributed by atoms with Crippen molar-refractivity contribution >= 4 is 5.97 Å². The number of esters is 1. The minimum atomic E-state index is -0.249. The zero-order chi connectivity index (χ0) is 17.2. The van der Waals surface area contributed by atoms with Crippen molar-refractivity contribution in [3.05, 3.63) is 54.1 Å². The summed E-state index contributed by atoms with van der Waals surface area (Å²) in [6, 6.07) is 15.0. The lowest BCUT2D eigenvalue weighted by molar-refractivity contribution is -0.144. The number of hydrogen-bond donors (Lipinski definition) is 0. The number of ether oxygens (including phenoxy) is 4. The van der Waals surface area contributed by atoms with Crippen molar-refractivity contribution in [2.24, 2.45) is 0 Å². The standard InChI is InChI=1S/C19H22O5/c1-21-17-10-8-15(14-18(17)22-2)9-11-19(20)24-13-12-23-16-6-4-3-5-7-16/h3-8,10,14H,9,11-13H2,1-2H3. The van der Waals surface area contributed by atoms with Crippen molar-refractivity contribution in [2.75, 3.05) is 27.4 Å². The van der Waals surface area contributed by atoms with Gasteiger partial charge in [-0.05, 0) is 36.2 Å². The number of benzene rings is 2. The maximum absolute atomic E-state index is 11.8. The fourth-order valence-corrected chi connectivity index (χ4v) is 2.19. The lowest BCUT2D eigenvalue weighted by Gasteiger charge is -2.10. The minimum Gasteiger partial charge on any atom is -0.493 e. The number of aryl methyl sites for hydroxylation is 1. The van der Waals surface area contributed by atoms with Crippen LogP contribution in [-0.4, -0.2) is 33.4 Å². The Hall–Kier alpha value is -2.69. The maximum Gasteiger partial charge on any atom is 0.306 e. The lowest BCUT2D eigenvalue weighted by Crippen LogP contribution is -2.12. The van der Waals surface area contributed by atoms with E-state index >= 15 is 0 Å². The molecule has 0 saturated carbocycles. The molecule has 0 radical (unpaired) electrons. The molecule has 0 aromatic heterocycles. The molecule has 5 heteroatoms. The summed E-state index contributed by atoms with van der Waals surface area (Å²) in [6.45, 7) is 0.575. The molecule has 128 valence electrons. The first-order chi connectivity index (χ1) is 11.7. The van der Waals surface area contributed by atoms with Gasteiger partial charge in [0.15, 0.2) is 11.5 Å². The Bertz CT molecular complexity index is 639. The molecular formula is C19H22O5. The second kappa shape index (κ2) is 9.45. The van der Waals surface area contributed by atoms with Gasteiger partial charge in [0.1, 0.15) is 19.0 Å². The molecule has 0 amide bonds. The van der Waals surface area contributed by atoms with E-state index in [0.29, 0.717) is 30.9 Å². The summed E-state index contributed by atoms with van der Waals surface area (Å²) in [5.74, 6) is 1.84. The van der Waals surface area contributed by atoms with Crippen LogP contribution in [0.3, 0.4) is 0 Å². The van der Waals surface area contributed by atoms with E-state index in [9.17, 15) is 4.79 Å². The summed E-state index contributed by atoms with van der Waals surface area (Å²) in [4.78, 5) is 11.8. The summed E-state index contributed by atoms with van der Waals surface area (Å²) < 4.78 is 21.1. The third-order valence-corrected chi connectivity index (χ3v) is 3.42. The van der Waals surface area contributed by atoms with Crippen molar-refractivity contribution < 1.29 is 23.7 Å². The fraction of sp³-hybridized carbons (Fsp3) is 0.316. The number of carbonyl (C=O) groups excluding carboxylic acids is 1. The van der Waals surface area contributed by atoms with Crippen molar-refractivity contribution in [3.8, 4) is 17.2 Å². The highest BCUT2D eigenvalue weighted by atomic mass is 16.6. The van der Waals surface area contributed by atoms with Crippen molar-refractivity contribution in [1.82, 2.24) is 0 Å². The van der Waals surface area contributed by atoms with Crippen LogP contribution in [0, 0.1) is 0 Å². The predicted octanol–water partition coefficient (Wildman–Crippen LogP) is 3.26. The van der Waals surface area contributed by atoms with Crippen LogP contribution in [0.4, 0.5) is 0 Å². The molecule has 0 spiro atoms. The van der Waals surface area contributed by atoms with E-state index < -0.39 is 0 Å². The van der Waals surface area contributed by atoms with E-state index in [1.165, 1.54) is 0 Å². The summed E-state index contributed by atoms with van der Waals surface area (Å²) in [5.41, 5.74) is 0.991. The monoisotopic (exact) mass is 330 g/mol. The summed E-state index contributed by atoms with van der Waals surface area (Å²) in [6.07, 6.45) is 0.888. The Morgan fingerprint density at radius 3 is 2.38 bits per heavy atom. The van der Waals surface area contributed by atoms with Gasteiger partial charge in [0.05, 0.1) is 14.2 Å². The topological polar surface area (TPSA) is 54.0 Å². The number of hydrogen-bond acceptors (Lipinski definition) is 5. The molecular weight excluding hydrogens is 308 g/mol. The van der Waals surface area contributed by atoms with Gasteiger partial charge in [-0.1, -0.05) is 24.3 Å². The van der Waals surface area contributed by atoms with Gasteiger partial charge in [0.2, 0.25) is 0 Å². The third kappa shape index (κ3) is 5.50. The molecule has 0 aliphatic carbocycles. The van der Waals surface area contributed by atoms with E-state index in [1.807, 2.05) is 48.5 Å². The Morgan fingerprint density at radius 1 is 0.917 bits per heavy atom. The molecule has 2 aromatic rings. The van der Waals surface area contributed by atoms with E-state index in [0.717, 1.165) is 11.3 Å². The largest absolute Gasteiger partial charge is 0.493 e. The Kier molecular flexibility index (Phi) is 6.95. The normalized spacial score (nSPS) is 10.1. The van der Waals surface area contributed by atoms with Crippen LogP contribution in [0.2, 0.25) is 0 Å². The maximum atomic E-state index is 11.8. The first-order valence-corrected chi connectivity index (χ1v) is 7.77. The van der Waals surface area contributed by atoms with Crippen molar-refractivity contribution in [2.45, 2.75) is 12.8 Å². The second-order valence-electron chi connectivity index (χ2n) is 5.07. The van der Waals surface area contributed by atoms with Crippen LogP contribution in [-0.2, 0) is 16.0 Å². The smallest absolute Gasteiger partial charge is 0.306 e. The van der Waals surface area contributed by atoms with Gasteiger partial charge in [-0.3, -0.25) is 4.79 Å². The Balaban J connectivity index is 1.69. The van der Waals surface area contributed by atoms with Gasteiger partial charge >= 0.3 is 5.97 Å². The van der Waals surface area contributed by atoms with Crippen LogP contribution >= 0.6 is 0 Å². The quantitative estimate of drug-likeness (QED) is 0.522. The minimum absolute atomic E-state index is 0.236. The van der Waals surface area contributed by atoms with Gasteiger partial charge in [0, 0.05) is 6.42 Å².